The highest BCUT2D eigenvalue weighted by Crippen LogP contribution is 2.32. The van der Waals surface area contributed by atoms with Gasteiger partial charge in [-0.25, -0.2) is 9.48 Å². The monoisotopic (exact) mass is 451 g/mol. The molecule has 146 valence electrons. The van der Waals surface area contributed by atoms with Gasteiger partial charge in [-0.15, -0.1) is 0 Å². The Balaban J connectivity index is 2.20. The number of nitriles is 1. The fourth-order valence-electron chi connectivity index (χ4n) is 2.79. The van der Waals surface area contributed by atoms with Crippen LogP contribution >= 0.6 is 15.9 Å². The first kappa shape index (κ1) is 20.4. The number of nitrogens with zero attached hydrogens (tertiary/aromatic N) is 3. The minimum atomic E-state index is -0.637. The van der Waals surface area contributed by atoms with E-state index in [0.29, 0.717) is 29.3 Å². The van der Waals surface area contributed by atoms with Crippen LogP contribution in [0, 0.1) is 11.3 Å². The maximum Gasteiger partial charge on any atom is 0.360 e. The number of benzene rings is 2. The second-order valence-electron chi connectivity index (χ2n) is 5.89. The lowest BCUT2D eigenvalue weighted by atomic mass is 10.1. The molecule has 0 aliphatic heterocycles. The molecule has 2 aromatic carbocycles. The van der Waals surface area contributed by atoms with Gasteiger partial charge in [0.25, 0.3) is 0 Å². The van der Waals surface area contributed by atoms with Gasteiger partial charge < -0.3 is 9.47 Å². The van der Waals surface area contributed by atoms with E-state index in [9.17, 15) is 10.1 Å². The number of hydrogen-bond acceptors (Lipinski definition) is 5. The number of aromatic nitrogens is 2. The summed E-state index contributed by atoms with van der Waals surface area (Å²) in [6, 6.07) is 16.8. The van der Waals surface area contributed by atoms with E-state index in [-0.39, 0.29) is 17.9 Å². The van der Waals surface area contributed by atoms with E-state index in [1.54, 1.807) is 29.8 Å². The third-order valence-electron chi connectivity index (χ3n) is 4.04. The van der Waals surface area contributed by atoms with Crippen molar-refractivity contribution in [1.82, 2.24) is 9.78 Å². The van der Waals surface area contributed by atoms with E-state index in [0.717, 1.165) is 4.47 Å². The summed E-state index contributed by atoms with van der Waals surface area (Å²) < 4.78 is 13.0. The zero-order chi connectivity index (χ0) is 20.8. The molecule has 0 N–H and O–H groups in total. The van der Waals surface area contributed by atoms with Crippen LogP contribution in [0.25, 0.3) is 16.9 Å². The quantitative estimate of drug-likeness (QED) is 0.376. The lowest BCUT2D eigenvalue weighted by Gasteiger charge is -2.10. The lowest BCUT2D eigenvalue weighted by molar-refractivity contribution is 0.0518. The Bertz CT molecular complexity index is 1080. The Labute approximate surface area is 177 Å². The molecule has 0 saturated heterocycles. The van der Waals surface area contributed by atoms with Crippen LogP contribution in [0.15, 0.2) is 65.7 Å². The maximum absolute atomic E-state index is 12.4. The lowest BCUT2D eigenvalue weighted by Crippen LogP contribution is -2.08. The summed E-state index contributed by atoms with van der Waals surface area (Å²) >= 11 is 3.51. The van der Waals surface area contributed by atoms with Crippen LogP contribution in [0.2, 0.25) is 0 Å². The molecule has 0 saturated carbocycles. The summed E-state index contributed by atoms with van der Waals surface area (Å²) in [6.07, 6.45) is 1.66. The Morgan fingerprint density at radius 2 is 2.00 bits per heavy atom. The first-order valence-electron chi connectivity index (χ1n) is 8.90. The zero-order valence-electron chi connectivity index (χ0n) is 15.8. The second kappa shape index (κ2) is 9.22. The van der Waals surface area contributed by atoms with Crippen molar-refractivity contribution < 1.29 is 14.3 Å². The molecule has 0 fully saturated rings. The summed E-state index contributed by atoms with van der Waals surface area (Å²) in [7, 11) is 0. The van der Waals surface area contributed by atoms with Gasteiger partial charge in [-0.3, -0.25) is 0 Å². The molecule has 3 rings (SSSR count). The van der Waals surface area contributed by atoms with Crippen LogP contribution < -0.4 is 4.74 Å². The van der Waals surface area contributed by atoms with Crippen LogP contribution in [-0.4, -0.2) is 29.0 Å². The smallest absolute Gasteiger partial charge is 0.360 e. The van der Waals surface area contributed by atoms with E-state index in [2.05, 4.69) is 33.7 Å². The van der Waals surface area contributed by atoms with Crippen molar-refractivity contribution in [2.24, 2.45) is 0 Å². The largest absolute Gasteiger partial charge is 0.490 e. The molecule has 0 radical (unpaired) electrons. The zero-order valence-corrected chi connectivity index (χ0v) is 17.3. The fraction of sp³-hybridized carbons (Fsp3) is 0.136. The van der Waals surface area contributed by atoms with E-state index in [4.69, 9.17) is 9.47 Å². The SMILES string of the molecule is C=CCOc1ccc(-c2c(C#N)c(C(=O)OCC)nn2-c2ccccc2Br)cc1. The van der Waals surface area contributed by atoms with Gasteiger partial charge in [-0.1, -0.05) is 24.8 Å². The maximum atomic E-state index is 12.4. The molecule has 1 heterocycles. The minimum absolute atomic E-state index is 0.0212. The molecule has 0 amide bonds. The van der Waals surface area contributed by atoms with Crippen molar-refractivity contribution in [1.29, 1.82) is 5.26 Å². The fourth-order valence-corrected chi connectivity index (χ4v) is 3.25. The average molecular weight is 452 g/mol. The van der Waals surface area contributed by atoms with Crippen LogP contribution in [0.1, 0.15) is 23.0 Å². The standard InChI is InChI=1S/C22H18BrN3O3/c1-3-13-29-16-11-9-15(10-12-16)21-17(14-24)20(22(27)28-4-2)25-26(21)19-8-6-5-7-18(19)23/h3,5-12H,1,4,13H2,2H3. The van der Waals surface area contributed by atoms with Gasteiger partial charge in [0.05, 0.1) is 18.0 Å². The third-order valence-corrected chi connectivity index (χ3v) is 4.71. The highest BCUT2D eigenvalue weighted by Gasteiger charge is 2.26. The third kappa shape index (κ3) is 4.23. The molecule has 0 aliphatic carbocycles. The number of carbonyl (C=O) groups is 1. The predicted octanol–water partition coefficient (Wildman–Crippen LogP) is 4.91. The van der Waals surface area contributed by atoms with Crippen molar-refractivity contribution in [3.8, 4) is 28.8 Å². The topological polar surface area (TPSA) is 77.1 Å². The first-order chi connectivity index (χ1) is 14.1. The van der Waals surface area contributed by atoms with Crippen molar-refractivity contribution in [3.63, 3.8) is 0 Å². The summed E-state index contributed by atoms with van der Waals surface area (Å²) in [6.45, 7) is 5.92. The molecular formula is C22H18BrN3O3. The van der Waals surface area contributed by atoms with Gasteiger partial charge >= 0.3 is 5.97 Å². The van der Waals surface area contributed by atoms with Gasteiger partial charge in [0.2, 0.25) is 0 Å². The molecule has 0 atom stereocenters. The summed E-state index contributed by atoms with van der Waals surface area (Å²) in [5.41, 5.74) is 2.04. The van der Waals surface area contributed by atoms with Crippen molar-refractivity contribution >= 4 is 21.9 Å². The number of esters is 1. The van der Waals surface area contributed by atoms with Gasteiger partial charge in [-0.05, 0) is 59.3 Å². The number of halogens is 1. The highest BCUT2D eigenvalue weighted by molar-refractivity contribution is 9.10. The Hall–Kier alpha value is -3.37. The molecule has 6 nitrogen and oxygen atoms in total. The first-order valence-corrected chi connectivity index (χ1v) is 9.69. The molecule has 0 spiro atoms. The van der Waals surface area contributed by atoms with Crippen LogP contribution in [0.5, 0.6) is 5.75 Å². The van der Waals surface area contributed by atoms with Crippen molar-refractivity contribution in [2.45, 2.75) is 6.92 Å². The molecule has 1 aromatic heterocycles. The average Bonchev–Trinajstić information content (AvgIpc) is 3.12. The van der Waals surface area contributed by atoms with E-state index in [1.165, 1.54) is 0 Å². The van der Waals surface area contributed by atoms with Crippen LogP contribution in [0.4, 0.5) is 0 Å². The number of rotatable bonds is 7. The molecule has 7 heteroatoms. The van der Waals surface area contributed by atoms with Gasteiger partial charge in [0.1, 0.15) is 24.0 Å². The number of para-hydroxylation sites is 1. The second-order valence-corrected chi connectivity index (χ2v) is 6.75. The molecule has 0 aliphatic rings. The summed E-state index contributed by atoms with van der Waals surface area (Å²) in [5.74, 6) is 0.0340. The van der Waals surface area contributed by atoms with Crippen LogP contribution in [0.3, 0.4) is 0 Å². The van der Waals surface area contributed by atoms with E-state index < -0.39 is 5.97 Å². The Kier molecular flexibility index (Phi) is 6.47. The van der Waals surface area contributed by atoms with Gasteiger partial charge in [-0.2, -0.15) is 10.4 Å². The van der Waals surface area contributed by atoms with Crippen LogP contribution in [-0.2, 0) is 4.74 Å². The van der Waals surface area contributed by atoms with Crippen molar-refractivity contribution in [2.75, 3.05) is 13.2 Å². The van der Waals surface area contributed by atoms with Gasteiger partial charge in [0.15, 0.2) is 5.69 Å². The predicted molar refractivity (Wildman–Crippen MR) is 113 cm³/mol. The number of ether oxygens (including phenoxy) is 2. The number of carbonyl (C=O) groups excluding carboxylic acids is 1. The molecule has 0 bridgehead atoms. The number of hydrogen-bond donors (Lipinski definition) is 0. The van der Waals surface area contributed by atoms with Crippen molar-refractivity contribution in [3.05, 3.63) is 76.9 Å². The Morgan fingerprint density at radius 3 is 2.62 bits per heavy atom. The molecule has 3 aromatic rings. The Morgan fingerprint density at radius 1 is 1.28 bits per heavy atom. The van der Waals surface area contributed by atoms with E-state index >= 15 is 0 Å². The summed E-state index contributed by atoms with van der Waals surface area (Å²) in [5, 5.41) is 14.2. The highest BCUT2D eigenvalue weighted by atomic mass is 79.9. The minimum Gasteiger partial charge on any atom is -0.490 e. The molecular weight excluding hydrogens is 434 g/mol. The molecule has 29 heavy (non-hydrogen) atoms. The van der Waals surface area contributed by atoms with E-state index in [1.807, 2.05) is 36.4 Å². The normalized spacial score (nSPS) is 10.2. The summed E-state index contributed by atoms with van der Waals surface area (Å²) in [4.78, 5) is 12.4. The molecule has 0 unspecified atom stereocenters. The van der Waals surface area contributed by atoms with Gasteiger partial charge in [0, 0.05) is 10.0 Å².